The summed E-state index contributed by atoms with van der Waals surface area (Å²) in [6.07, 6.45) is 0. The molecule has 2 N–H and O–H groups in total. The first-order chi connectivity index (χ1) is 10.4. The van der Waals surface area contributed by atoms with Crippen LogP contribution in [0.4, 0.5) is 0 Å². The Labute approximate surface area is 136 Å². The highest BCUT2D eigenvalue weighted by Crippen LogP contribution is 2.25. The summed E-state index contributed by atoms with van der Waals surface area (Å²) in [7, 11) is -1.61. The number of nitrogens with one attached hydrogen (secondary N) is 2. The molecule has 0 aliphatic carbocycles. The first-order valence-electron chi connectivity index (χ1n) is 6.93. The summed E-state index contributed by atoms with van der Waals surface area (Å²) in [6, 6.07) is 7.46. The van der Waals surface area contributed by atoms with Crippen molar-refractivity contribution >= 4 is 27.7 Å². The van der Waals surface area contributed by atoms with Crippen molar-refractivity contribution in [1.82, 2.24) is 10.0 Å². The first-order valence-corrected chi connectivity index (χ1v) is 9.47. The fraction of sp³-hybridized carbons (Fsp3) is 0.500. The highest BCUT2D eigenvalue weighted by molar-refractivity contribution is 8.00. The predicted octanol–water partition coefficient (Wildman–Crippen LogP) is 1.23. The number of ether oxygens (including phenoxy) is 1. The maximum absolute atomic E-state index is 11.9. The highest BCUT2D eigenvalue weighted by atomic mass is 32.2. The standard InChI is InChI=1S/C14H22N2O4S2/c1-4-22(18,19)16-10-9-15-14(17)11(2)21-13-7-5-12(20-3)6-8-13/h5-8,11,16H,4,9-10H2,1-3H3,(H,15,17). The zero-order valence-electron chi connectivity index (χ0n) is 13.0. The molecular formula is C14H22N2O4S2. The maximum atomic E-state index is 11.9. The monoisotopic (exact) mass is 346 g/mol. The number of carbonyl (C=O) groups excluding carboxylic acids is 1. The molecule has 1 atom stereocenters. The number of carbonyl (C=O) groups is 1. The lowest BCUT2D eigenvalue weighted by atomic mass is 10.3. The molecule has 0 radical (unpaired) electrons. The van der Waals surface area contributed by atoms with E-state index >= 15 is 0 Å². The minimum Gasteiger partial charge on any atom is -0.497 e. The van der Waals surface area contributed by atoms with Crippen molar-refractivity contribution in [1.29, 1.82) is 0 Å². The molecule has 22 heavy (non-hydrogen) atoms. The number of thioether (sulfide) groups is 1. The second-order valence-corrected chi connectivity index (χ2v) is 8.03. The molecular weight excluding hydrogens is 324 g/mol. The minimum atomic E-state index is -3.21. The summed E-state index contributed by atoms with van der Waals surface area (Å²) in [6.45, 7) is 3.84. The molecule has 6 nitrogen and oxygen atoms in total. The maximum Gasteiger partial charge on any atom is 0.233 e. The van der Waals surface area contributed by atoms with Crippen LogP contribution in [0.2, 0.25) is 0 Å². The molecule has 1 aromatic carbocycles. The van der Waals surface area contributed by atoms with E-state index in [0.717, 1.165) is 10.6 Å². The summed E-state index contributed by atoms with van der Waals surface area (Å²) < 4.78 is 29.9. The third-order valence-corrected chi connectivity index (χ3v) is 5.38. The lowest BCUT2D eigenvalue weighted by Gasteiger charge is -2.12. The molecule has 0 spiro atoms. The molecule has 0 aliphatic rings. The summed E-state index contributed by atoms with van der Waals surface area (Å²) in [5, 5.41) is 2.44. The Bertz CT molecular complexity index is 573. The Morgan fingerprint density at radius 2 is 1.91 bits per heavy atom. The van der Waals surface area contributed by atoms with Gasteiger partial charge in [0, 0.05) is 18.0 Å². The number of amides is 1. The van der Waals surface area contributed by atoms with E-state index < -0.39 is 10.0 Å². The fourth-order valence-corrected chi connectivity index (χ4v) is 3.06. The van der Waals surface area contributed by atoms with E-state index in [1.165, 1.54) is 11.8 Å². The Morgan fingerprint density at radius 3 is 2.45 bits per heavy atom. The van der Waals surface area contributed by atoms with Gasteiger partial charge in [0.2, 0.25) is 15.9 Å². The first kappa shape index (κ1) is 18.8. The van der Waals surface area contributed by atoms with Crippen LogP contribution in [0.1, 0.15) is 13.8 Å². The zero-order valence-corrected chi connectivity index (χ0v) is 14.6. The van der Waals surface area contributed by atoms with Gasteiger partial charge >= 0.3 is 0 Å². The van der Waals surface area contributed by atoms with E-state index in [-0.39, 0.29) is 30.0 Å². The van der Waals surface area contributed by atoms with Crippen molar-refractivity contribution in [3.63, 3.8) is 0 Å². The van der Waals surface area contributed by atoms with Crippen molar-refractivity contribution in [3.05, 3.63) is 24.3 Å². The van der Waals surface area contributed by atoms with E-state index in [9.17, 15) is 13.2 Å². The van der Waals surface area contributed by atoms with Gasteiger partial charge in [-0.15, -0.1) is 11.8 Å². The molecule has 0 bridgehead atoms. The number of hydrogen-bond donors (Lipinski definition) is 2. The van der Waals surface area contributed by atoms with Crippen LogP contribution >= 0.6 is 11.8 Å². The third-order valence-electron chi connectivity index (χ3n) is 2.87. The largest absolute Gasteiger partial charge is 0.497 e. The molecule has 8 heteroatoms. The topological polar surface area (TPSA) is 84.5 Å². The molecule has 1 amide bonds. The third kappa shape index (κ3) is 6.67. The molecule has 0 aliphatic heterocycles. The Balaban J connectivity index is 2.35. The molecule has 0 aromatic heterocycles. The van der Waals surface area contributed by atoms with Crippen LogP contribution in [-0.2, 0) is 14.8 Å². The van der Waals surface area contributed by atoms with Crippen LogP contribution in [-0.4, -0.2) is 45.5 Å². The van der Waals surface area contributed by atoms with Gasteiger partial charge < -0.3 is 10.1 Å². The minimum absolute atomic E-state index is 0.0324. The van der Waals surface area contributed by atoms with E-state index in [1.54, 1.807) is 21.0 Å². The van der Waals surface area contributed by atoms with Gasteiger partial charge in [-0.05, 0) is 38.1 Å². The number of rotatable bonds is 9. The van der Waals surface area contributed by atoms with Crippen LogP contribution < -0.4 is 14.8 Å². The molecule has 1 rings (SSSR count). The second-order valence-electron chi connectivity index (χ2n) is 4.52. The molecule has 1 aromatic rings. The summed E-state index contributed by atoms with van der Waals surface area (Å²) in [4.78, 5) is 12.9. The molecule has 1 unspecified atom stereocenters. The Kier molecular flexibility index (Phi) is 7.70. The molecule has 124 valence electrons. The van der Waals surface area contributed by atoms with Gasteiger partial charge in [-0.3, -0.25) is 4.79 Å². The lowest BCUT2D eigenvalue weighted by Crippen LogP contribution is -2.38. The van der Waals surface area contributed by atoms with E-state index in [0.29, 0.717) is 0 Å². The van der Waals surface area contributed by atoms with Gasteiger partial charge in [0.15, 0.2) is 0 Å². The van der Waals surface area contributed by atoms with E-state index in [1.807, 2.05) is 24.3 Å². The van der Waals surface area contributed by atoms with Gasteiger partial charge in [-0.2, -0.15) is 0 Å². The van der Waals surface area contributed by atoms with Gasteiger partial charge in [-0.1, -0.05) is 0 Å². The molecule has 0 saturated heterocycles. The quantitative estimate of drug-likeness (QED) is 0.519. The molecule has 0 fully saturated rings. The average Bonchev–Trinajstić information content (AvgIpc) is 2.52. The van der Waals surface area contributed by atoms with Crippen molar-refractivity contribution in [2.45, 2.75) is 24.0 Å². The van der Waals surface area contributed by atoms with Crippen LogP contribution in [0, 0.1) is 0 Å². The van der Waals surface area contributed by atoms with Gasteiger partial charge in [0.05, 0.1) is 18.1 Å². The number of sulfonamides is 1. The Morgan fingerprint density at radius 1 is 1.27 bits per heavy atom. The van der Waals surface area contributed by atoms with Crippen molar-refractivity contribution in [3.8, 4) is 5.75 Å². The molecule has 0 saturated carbocycles. The number of methoxy groups -OCH3 is 1. The van der Waals surface area contributed by atoms with Gasteiger partial charge in [0.1, 0.15) is 5.75 Å². The van der Waals surface area contributed by atoms with E-state index in [2.05, 4.69) is 10.0 Å². The number of hydrogen-bond acceptors (Lipinski definition) is 5. The van der Waals surface area contributed by atoms with Crippen LogP contribution in [0.25, 0.3) is 0 Å². The zero-order chi connectivity index (χ0) is 16.6. The van der Waals surface area contributed by atoms with Crippen molar-refractivity contribution in [2.75, 3.05) is 26.0 Å². The Hall–Kier alpha value is -1.25. The van der Waals surface area contributed by atoms with Crippen molar-refractivity contribution < 1.29 is 17.9 Å². The van der Waals surface area contributed by atoms with Gasteiger partial charge in [0.25, 0.3) is 0 Å². The SMILES string of the molecule is CCS(=O)(=O)NCCNC(=O)C(C)Sc1ccc(OC)cc1. The summed E-state index contributed by atoms with van der Waals surface area (Å²) in [5.41, 5.74) is 0. The van der Waals surface area contributed by atoms with E-state index in [4.69, 9.17) is 4.74 Å². The second kappa shape index (κ2) is 9.02. The van der Waals surface area contributed by atoms with Crippen LogP contribution in [0.15, 0.2) is 29.2 Å². The lowest BCUT2D eigenvalue weighted by molar-refractivity contribution is -0.120. The predicted molar refractivity (Wildman–Crippen MR) is 88.8 cm³/mol. The van der Waals surface area contributed by atoms with Crippen LogP contribution in [0.3, 0.4) is 0 Å². The summed E-state index contributed by atoms with van der Waals surface area (Å²) >= 11 is 1.43. The smallest absolute Gasteiger partial charge is 0.233 e. The normalized spacial score (nSPS) is 12.7. The van der Waals surface area contributed by atoms with Gasteiger partial charge in [-0.25, -0.2) is 13.1 Å². The fourth-order valence-electron chi connectivity index (χ4n) is 1.55. The van der Waals surface area contributed by atoms with Crippen LogP contribution in [0.5, 0.6) is 5.75 Å². The molecule has 0 heterocycles. The number of benzene rings is 1. The summed E-state index contributed by atoms with van der Waals surface area (Å²) in [5.74, 6) is 0.672. The highest BCUT2D eigenvalue weighted by Gasteiger charge is 2.14. The van der Waals surface area contributed by atoms with Crippen molar-refractivity contribution in [2.24, 2.45) is 0 Å². The average molecular weight is 346 g/mol.